The molecule has 0 unspecified atom stereocenters. The highest BCUT2D eigenvalue weighted by Gasteiger charge is 1.99. The van der Waals surface area contributed by atoms with Crippen LogP contribution in [0.1, 0.15) is 5.56 Å². The summed E-state index contributed by atoms with van der Waals surface area (Å²) in [5, 5.41) is 6.17. The van der Waals surface area contributed by atoms with E-state index in [0.717, 1.165) is 16.3 Å². The van der Waals surface area contributed by atoms with E-state index < -0.39 is 0 Å². The fourth-order valence-corrected chi connectivity index (χ4v) is 1.27. The molecule has 0 aliphatic heterocycles. The Morgan fingerprint density at radius 3 is 2.58 bits per heavy atom. The molecule has 0 bridgehead atoms. The smallest absolute Gasteiger partial charge is 0.0607 e. The summed E-state index contributed by atoms with van der Waals surface area (Å²) in [6.45, 7) is 5.42. The number of aryl methyl sites for hydroxylation is 1. The Hall–Kier alpha value is -1.02. The molecule has 0 amide bonds. The molecule has 1 aromatic rings. The molecule has 0 heterocycles. The number of hydrogen-bond acceptors (Lipinski definition) is 2. The van der Waals surface area contributed by atoms with E-state index in [9.17, 15) is 0 Å². The number of hydrogen-bond donors (Lipinski definition) is 0. The van der Waals surface area contributed by atoms with Gasteiger partial charge in [-0.1, -0.05) is 11.6 Å². The first-order chi connectivity index (χ1) is 5.63. The lowest BCUT2D eigenvalue weighted by Crippen LogP contribution is -2.07. The van der Waals surface area contributed by atoms with Gasteiger partial charge in [0.25, 0.3) is 0 Å². The summed E-state index contributed by atoms with van der Waals surface area (Å²) < 4.78 is 0. The Morgan fingerprint density at radius 1 is 1.42 bits per heavy atom. The number of benzene rings is 1. The average Bonchev–Trinajstić information content (AvgIpc) is 2.01. The number of anilines is 1. The summed E-state index contributed by atoms with van der Waals surface area (Å²) >= 11 is 5.86. The highest BCUT2D eigenvalue weighted by Crippen LogP contribution is 2.20. The van der Waals surface area contributed by atoms with Crippen molar-refractivity contribution in [2.45, 2.75) is 6.92 Å². The maximum Gasteiger partial charge on any atom is 0.0607 e. The second-order valence-corrected chi connectivity index (χ2v) is 3.09. The van der Waals surface area contributed by atoms with Crippen LogP contribution in [-0.2, 0) is 0 Å². The molecule has 0 N–H and O–H groups in total. The van der Waals surface area contributed by atoms with Gasteiger partial charge in [0, 0.05) is 18.8 Å². The molecular formula is C9H11ClN2. The number of halogens is 1. The third-order valence-electron chi connectivity index (χ3n) is 1.61. The van der Waals surface area contributed by atoms with Gasteiger partial charge < -0.3 is 0 Å². The summed E-state index contributed by atoms with van der Waals surface area (Å²) in [7, 11) is 1.83. The number of hydrazone groups is 1. The van der Waals surface area contributed by atoms with Gasteiger partial charge in [0.05, 0.1) is 5.69 Å². The Labute approximate surface area is 77.5 Å². The first kappa shape index (κ1) is 9.07. The van der Waals surface area contributed by atoms with Crippen molar-refractivity contribution in [3.05, 3.63) is 28.8 Å². The SMILES string of the molecule is C=NN(C)c1cc(C)cc(Cl)c1. The van der Waals surface area contributed by atoms with Crippen LogP contribution in [0.5, 0.6) is 0 Å². The zero-order chi connectivity index (χ0) is 9.14. The molecule has 0 spiro atoms. The van der Waals surface area contributed by atoms with Gasteiger partial charge in [0.15, 0.2) is 0 Å². The van der Waals surface area contributed by atoms with Crippen molar-refractivity contribution in [1.29, 1.82) is 0 Å². The van der Waals surface area contributed by atoms with Crippen LogP contribution >= 0.6 is 11.6 Å². The van der Waals surface area contributed by atoms with E-state index in [-0.39, 0.29) is 0 Å². The van der Waals surface area contributed by atoms with E-state index in [1.54, 1.807) is 5.01 Å². The summed E-state index contributed by atoms with van der Waals surface area (Å²) in [5.74, 6) is 0. The summed E-state index contributed by atoms with van der Waals surface area (Å²) in [6.07, 6.45) is 0. The lowest BCUT2D eigenvalue weighted by Gasteiger charge is -2.12. The molecule has 0 aromatic heterocycles. The van der Waals surface area contributed by atoms with E-state index in [1.165, 1.54) is 0 Å². The molecule has 0 saturated heterocycles. The first-order valence-corrected chi connectivity index (χ1v) is 3.99. The van der Waals surface area contributed by atoms with Crippen molar-refractivity contribution in [1.82, 2.24) is 0 Å². The van der Waals surface area contributed by atoms with Crippen LogP contribution in [0, 0.1) is 6.92 Å². The molecular weight excluding hydrogens is 172 g/mol. The third kappa shape index (κ3) is 1.98. The van der Waals surface area contributed by atoms with Crippen LogP contribution in [0.4, 0.5) is 5.69 Å². The summed E-state index contributed by atoms with van der Waals surface area (Å²) in [4.78, 5) is 0. The third-order valence-corrected chi connectivity index (χ3v) is 1.83. The highest BCUT2D eigenvalue weighted by molar-refractivity contribution is 6.30. The zero-order valence-corrected chi connectivity index (χ0v) is 7.97. The number of rotatable bonds is 2. The van der Waals surface area contributed by atoms with E-state index >= 15 is 0 Å². The van der Waals surface area contributed by atoms with Crippen molar-refractivity contribution in [3.63, 3.8) is 0 Å². The summed E-state index contributed by atoms with van der Waals surface area (Å²) in [6, 6.07) is 5.76. The van der Waals surface area contributed by atoms with E-state index in [4.69, 9.17) is 11.6 Å². The molecule has 12 heavy (non-hydrogen) atoms. The van der Waals surface area contributed by atoms with Gasteiger partial charge >= 0.3 is 0 Å². The molecule has 1 aromatic carbocycles. The molecule has 0 fully saturated rings. The van der Waals surface area contributed by atoms with Crippen LogP contribution in [0.25, 0.3) is 0 Å². The number of nitrogens with zero attached hydrogens (tertiary/aromatic N) is 2. The molecule has 0 aliphatic carbocycles. The average molecular weight is 183 g/mol. The second-order valence-electron chi connectivity index (χ2n) is 2.65. The van der Waals surface area contributed by atoms with Crippen LogP contribution in [0.15, 0.2) is 23.3 Å². The maximum atomic E-state index is 5.86. The monoisotopic (exact) mass is 182 g/mol. The molecule has 0 atom stereocenters. The van der Waals surface area contributed by atoms with Gasteiger partial charge in [-0.3, -0.25) is 5.01 Å². The van der Waals surface area contributed by atoms with Crippen molar-refractivity contribution < 1.29 is 0 Å². The van der Waals surface area contributed by atoms with Crippen molar-refractivity contribution in [2.24, 2.45) is 5.10 Å². The van der Waals surface area contributed by atoms with E-state index in [0.29, 0.717) is 0 Å². The van der Waals surface area contributed by atoms with E-state index in [1.807, 2.05) is 32.2 Å². The second kappa shape index (κ2) is 3.59. The molecule has 0 saturated carbocycles. The van der Waals surface area contributed by atoms with Crippen LogP contribution in [0.2, 0.25) is 5.02 Å². The quantitative estimate of drug-likeness (QED) is 0.507. The van der Waals surface area contributed by atoms with Gasteiger partial charge in [-0.05, 0) is 30.7 Å². The molecule has 0 radical (unpaired) electrons. The molecule has 0 aliphatic rings. The minimum absolute atomic E-state index is 0.723. The predicted octanol–water partition coefficient (Wildman–Crippen LogP) is 2.70. The minimum atomic E-state index is 0.723. The Morgan fingerprint density at radius 2 is 2.08 bits per heavy atom. The summed E-state index contributed by atoms with van der Waals surface area (Å²) in [5.41, 5.74) is 2.07. The van der Waals surface area contributed by atoms with Gasteiger partial charge in [-0.15, -0.1) is 0 Å². The standard InChI is InChI=1S/C9H11ClN2/c1-7-4-8(10)6-9(5-7)12(3)11-2/h4-6H,2H2,1,3H3. The normalized spacial score (nSPS) is 9.58. The lowest BCUT2D eigenvalue weighted by molar-refractivity contribution is 1.03. The fourth-order valence-electron chi connectivity index (χ4n) is 0.986. The minimum Gasteiger partial charge on any atom is -0.269 e. The van der Waals surface area contributed by atoms with Crippen molar-refractivity contribution in [3.8, 4) is 0 Å². The Bertz CT molecular complexity index is 276. The van der Waals surface area contributed by atoms with Crippen molar-refractivity contribution >= 4 is 24.0 Å². The molecule has 1 rings (SSSR count). The van der Waals surface area contributed by atoms with Crippen LogP contribution in [0.3, 0.4) is 0 Å². The molecule has 2 nitrogen and oxygen atoms in total. The van der Waals surface area contributed by atoms with Crippen molar-refractivity contribution in [2.75, 3.05) is 12.1 Å². The highest BCUT2D eigenvalue weighted by atomic mass is 35.5. The topological polar surface area (TPSA) is 15.6 Å². The fraction of sp³-hybridized carbons (Fsp3) is 0.222. The molecule has 3 heteroatoms. The molecule has 64 valence electrons. The lowest BCUT2D eigenvalue weighted by atomic mass is 10.2. The Balaban J connectivity index is 3.08. The first-order valence-electron chi connectivity index (χ1n) is 3.61. The van der Waals surface area contributed by atoms with Gasteiger partial charge in [-0.25, -0.2) is 0 Å². The van der Waals surface area contributed by atoms with E-state index in [2.05, 4.69) is 11.8 Å². The zero-order valence-electron chi connectivity index (χ0n) is 7.21. The maximum absolute atomic E-state index is 5.86. The van der Waals surface area contributed by atoms with Gasteiger partial charge in [0.1, 0.15) is 0 Å². The Kier molecular flexibility index (Phi) is 2.71. The van der Waals surface area contributed by atoms with Crippen LogP contribution < -0.4 is 5.01 Å². The predicted molar refractivity (Wildman–Crippen MR) is 54.1 cm³/mol. The van der Waals surface area contributed by atoms with Gasteiger partial charge in [-0.2, -0.15) is 5.10 Å². The van der Waals surface area contributed by atoms with Gasteiger partial charge in [0.2, 0.25) is 0 Å². The van der Waals surface area contributed by atoms with Crippen LogP contribution in [-0.4, -0.2) is 13.8 Å². The largest absolute Gasteiger partial charge is 0.269 e.